The number of pyridine rings is 2. The molecule has 2 amide bonds. The van der Waals surface area contributed by atoms with Crippen LogP contribution in [0.2, 0.25) is 0 Å². The average Bonchev–Trinajstić information content (AvgIpc) is 3.89. The van der Waals surface area contributed by atoms with E-state index in [1.165, 1.54) is 51.7 Å². The summed E-state index contributed by atoms with van der Waals surface area (Å²) in [6, 6.07) is 22.1. The van der Waals surface area contributed by atoms with Crippen molar-refractivity contribution in [2.75, 3.05) is 61.7 Å². The van der Waals surface area contributed by atoms with Crippen molar-refractivity contribution in [3.05, 3.63) is 129 Å². The second-order valence-corrected chi connectivity index (χ2v) is 18.7. The minimum atomic E-state index is -0.551. The Morgan fingerprint density at radius 2 is 1.11 bits per heavy atom. The Morgan fingerprint density at radius 3 is 1.56 bits per heavy atom. The molecule has 3 aromatic heterocycles. The van der Waals surface area contributed by atoms with E-state index in [0.717, 1.165) is 67.7 Å². The lowest BCUT2D eigenvalue weighted by Crippen LogP contribution is -2.32. The average molecular weight is 999 g/mol. The molecule has 0 unspecified atom stereocenters. The van der Waals surface area contributed by atoms with Crippen LogP contribution in [-0.2, 0) is 32.5 Å². The third kappa shape index (κ3) is 12.9. The van der Waals surface area contributed by atoms with Gasteiger partial charge in [-0.15, -0.1) is 0 Å². The summed E-state index contributed by atoms with van der Waals surface area (Å²) in [5.41, 5.74) is 22.9. The molecule has 1 aliphatic heterocycles. The summed E-state index contributed by atoms with van der Waals surface area (Å²) in [5, 5.41) is 16.3. The molecule has 0 spiro atoms. The molecule has 374 valence electrons. The maximum atomic E-state index is 12.4. The number of nitrogens with two attached hydrogens (primary N) is 2. The molecule has 0 bridgehead atoms. The second kappa shape index (κ2) is 25.5. The van der Waals surface area contributed by atoms with Gasteiger partial charge in [0.2, 0.25) is 0 Å². The summed E-state index contributed by atoms with van der Waals surface area (Å²) in [6.07, 6.45) is 4.74. The van der Waals surface area contributed by atoms with Crippen LogP contribution in [0.5, 0.6) is 23.0 Å². The minimum absolute atomic E-state index is 0.317. The topological polar surface area (TPSA) is 188 Å². The van der Waals surface area contributed by atoms with Crippen molar-refractivity contribution in [3.8, 4) is 23.0 Å². The highest BCUT2D eigenvalue weighted by atomic mass is 32.2. The quantitative estimate of drug-likeness (QED) is 0.0432. The normalized spacial score (nSPS) is 12.5. The zero-order valence-corrected chi connectivity index (χ0v) is 43.2. The molecule has 8 rings (SSSR count). The van der Waals surface area contributed by atoms with Crippen molar-refractivity contribution in [2.24, 2.45) is 11.5 Å². The lowest BCUT2D eigenvalue weighted by atomic mass is 10.0. The Kier molecular flexibility index (Phi) is 18.8. The number of benzene rings is 4. The predicted molar refractivity (Wildman–Crippen MR) is 291 cm³/mol. The summed E-state index contributed by atoms with van der Waals surface area (Å²) in [5.74, 6) is 3.72. The molecule has 1 saturated heterocycles. The van der Waals surface area contributed by atoms with Crippen LogP contribution in [0.15, 0.2) is 89.9 Å². The van der Waals surface area contributed by atoms with Gasteiger partial charge < -0.3 is 46.4 Å². The standard InChI is InChI=1S/C28H32N4O3S.C27H34N4O3S/c1-4-20-19(15-30-14-18-10-11-36-17-18)8-7-9-23(20)32-27-21-12-25(34-5-2)26(35-6-3)13-24(21)31-16-22(27)28(29)33;1-4-19-18(17-31-10-12-35-13-11-31)8-7-9-22(19)30-26-20-14-24(33-5-2)25(34-6-3)15-23(20)29-16-21(26)27(28)32/h7-13,16-17,30H,4-6,14-15H2,1-3H3,(H2,29,33)(H,31,32);7-9,14-16H,4-6,10-13,17H2,1-3H3,(H2,28,32)(H,29,30). The Balaban J connectivity index is 0.000000209. The first-order valence-corrected chi connectivity index (χ1v) is 26.5. The third-order valence-corrected chi connectivity index (χ3v) is 13.8. The number of thioether (sulfide) groups is 1. The Labute approximate surface area is 425 Å². The number of fused-ring (bicyclic) bond motifs is 2. The smallest absolute Gasteiger partial charge is 0.252 e. The van der Waals surface area contributed by atoms with Gasteiger partial charge in [0.25, 0.3) is 11.8 Å². The van der Waals surface area contributed by atoms with Crippen LogP contribution in [0, 0.1) is 0 Å². The van der Waals surface area contributed by atoms with Crippen LogP contribution >= 0.6 is 23.1 Å². The van der Waals surface area contributed by atoms with E-state index in [2.05, 4.69) is 85.8 Å². The van der Waals surface area contributed by atoms with Crippen LogP contribution in [0.4, 0.5) is 22.7 Å². The number of hydrogen-bond acceptors (Lipinski definition) is 14. The Hall–Kier alpha value is -6.59. The van der Waals surface area contributed by atoms with E-state index in [-0.39, 0.29) is 0 Å². The monoisotopic (exact) mass is 998 g/mol. The van der Waals surface area contributed by atoms with Gasteiger partial charge in [-0.3, -0.25) is 24.5 Å². The van der Waals surface area contributed by atoms with Gasteiger partial charge in [0.05, 0.1) is 60.0 Å². The van der Waals surface area contributed by atoms with E-state index in [0.29, 0.717) is 83.0 Å². The fraction of sp³-hybridized carbons (Fsp3) is 0.345. The van der Waals surface area contributed by atoms with Gasteiger partial charge in [-0.25, -0.2) is 0 Å². The summed E-state index contributed by atoms with van der Waals surface area (Å²) >= 11 is 3.71. The zero-order valence-electron chi connectivity index (χ0n) is 41.6. The summed E-state index contributed by atoms with van der Waals surface area (Å²) in [6.45, 7) is 18.7. The number of thiophene rings is 1. The van der Waals surface area contributed by atoms with E-state index >= 15 is 0 Å². The first-order chi connectivity index (χ1) is 34.6. The molecule has 14 nitrogen and oxygen atoms in total. The first-order valence-electron chi connectivity index (χ1n) is 24.4. The number of nitrogens with one attached hydrogen (secondary N) is 3. The van der Waals surface area contributed by atoms with E-state index in [9.17, 15) is 9.59 Å². The predicted octanol–water partition coefficient (Wildman–Crippen LogP) is 10.8. The first kappa shape index (κ1) is 52.2. The highest BCUT2D eigenvalue weighted by molar-refractivity contribution is 7.99. The molecule has 4 aromatic carbocycles. The summed E-state index contributed by atoms with van der Waals surface area (Å²) < 4.78 is 23.2. The molecule has 0 radical (unpaired) electrons. The van der Waals surface area contributed by atoms with Crippen molar-refractivity contribution in [1.29, 1.82) is 0 Å². The van der Waals surface area contributed by atoms with Gasteiger partial charge in [0, 0.05) is 90.9 Å². The molecule has 0 aliphatic carbocycles. The fourth-order valence-corrected chi connectivity index (χ4v) is 10.4. The maximum absolute atomic E-state index is 12.4. The highest BCUT2D eigenvalue weighted by Gasteiger charge is 2.22. The van der Waals surface area contributed by atoms with Gasteiger partial charge in [0.1, 0.15) is 0 Å². The number of anilines is 4. The molecule has 1 aliphatic rings. The van der Waals surface area contributed by atoms with Crippen LogP contribution in [0.25, 0.3) is 21.8 Å². The SMILES string of the molecule is CCOc1cc2ncc(C(N)=O)c(Nc3cccc(CN4CCSCC4)c3CC)c2cc1OCC.CCOc1cc2ncc(C(N)=O)c(Nc3cccc(CNCc4ccsc4)c3CC)c2cc1OCC. The van der Waals surface area contributed by atoms with Crippen molar-refractivity contribution < 1.29 is 28.5 Å². The number of carbonyl (C=O) groups excluding carboxylic acids is 2. The number of carbonyl (C=O) groups is 2. The molecule has 1 fully saturated rings. The van der Waals surface area contributed by atoms with Crippen LogP contribution < -0.4 is 46.4 Å². The van der Waals surface area contributed by atoms with Crippen LogP contribution in [0.1, 0.15) is 90.1 Å². The lowest BCUT2D eigenvalue weighted by molar-refractivity contribution is 0.0992. The number of rotatable bonds is 22. The molecule has 0 atom stereocenters. The molecule has 4 heterocycles. The molecule has 0 saturated carbocycles. The van der Waals surface area contributed by atoms with Gasteiger partial charge in [-0.1, -0.05) is 38.1 Å². The summed E-state index contributed by atoms with van der Waals surface area (Å²) in [4.78, 5) is 36.3. The summed E-state index contributed by atoms with van der Waals surface area (Å²) in [7, 11) is 0. The largest absolute Gasteiger partial charge is 0.490 e. The number of hydrogen-bond donors (Lipinski definition) is 5. The van der Waals surface area contributed by atoms with Gasteiger partial charge >= 0.3 is 0 Å². The molecule has 16 heteroatoms. The van der Waals surface area contributed by atoms with E-state index in [1.54, 1.807) is 11.3 Å². The maximum Gasteiger partial charge on any atom is 0.252 e. The van der Waals surface area contributed by atoms with Gasteiger partial charge in [-0.05, 0) is 109 Å². The third-order valence-electron chi connectivity index (χ3n) is 12.1. The van der Waals surface area contributed by atoms with Crippen molar-refractivity contribution in [3.63, 3.8) is 0 Å². The molecule has 7 aromatic rings. The minimum Gasteiger partial charge on any atom is -0.490 e. The van der Waals surface area contributed by atoms with Crippen LogP contribution in [-0.4, -0.2) is 77.7 Å². The number of primary amides is 2. The van der Waals surface area contributed by atoms with Gasteiger partial charge in [-0.2, -0.15) is 23.1 Å². The molecular weight excluding hydrogens is 933 g/mol. The Bertz CT molecular complexity index is 2930. The van der Waals surface area contributed by atoms with Crippen LogP contribution in [0.3, 0.4) is 0 Å². The van der Waals surface area contributed by atoms with Crippen molar-refractivity contribution in [2.45, 2.75) is 74.0 Å². The number of ether oxygens (including phenoxy) is 4. The molecular formula is C55H66N8O6S2. The van der Waals surface area contributed by atoms with Gasteiger partial charge in [0.15, 0.2) is 23.0 Å². The van der Waals surface area contributed by atoms with E-state index in [1.807, 2.05) is 75.9 Å². The highest BCUT2D eigenvalue weighted by Crippen LogP contribution is 2.40. The fourth-order valence-electron chi connectivity index (χ4n) is 8.77. The number of amides is 2. The van der Waals surface area contributed by atoms with Crippen molar-refractivity contribution >= 4 is 79.5 Å². The Morgan fingerprint density at radius 1 is 0.634 bits per heavy atom. The second-order valence-electron chi connectivity index (χ2n) is 16.7. The van der Waals surface area contributed by atoms with E-state index in [4.69, 9.17) is 30.4 Å². The lowest BCUT2D eigenvalue weighted by Gasteiger charge is -2.27. The molecule has 7 N–H and O–H groups in total. The zero-order chi connectivity index (χ0) is 50.3. The number of aromatic nitrogens is 2. The van der Waals surface area contributed by atoms with Crippen molar-refractivity contribution in [1.82, 2.24) is 20.2 Å². The number of nitrogens with zero attached hydrogens (tertiary/aromatic N) is 3. The molecule has 71 heavy (non-hydrogen) atoms. The van der Waals surface area contributed by atoms with E-state index < -0.39 is 11.8 Å².